The summed E-state index contributed by atoms with van der Waals surface area (Å²) in [5.41, 5.74) is 13.0. The van der Waals surface area contributed by atoms with Gasteiger partial charge in [0, 0.05) is 45.8 Å². The Hall–Kier alpha value is -5.55. The number of rotatable bonds is 1. The van der Waals surface area contributed by atoms with Crippen LogP contribution in [-0.4, -0.2) is 23.9 Å². The van der Waals surface area contributed by atoms with E-state index in [0.717, 1.165) is 50.5 Å². The maximum absolute atomic E-state index is 5.12. The minimum absolute atomic E-state index is 0.890. The van der Waals surface area contributed by atoms with Crippen LogP contribution in [0, 0.1) is 0 Å². The predicted octanol–water partition coefficient (Wildman–Crippen LogP) is 8.25. The lowest BCUT2D eigenvalue weighted by Crippen LogP contribution is -1.95. The van der Waals surface area contributed by atoms with Gasteiger partial charge in [-0.25, -0.2) is 4.98 Å². The first kappa shape index (κ1) is 21.3. The quantitative estimate of drug-likeness (QED) is 0.204. The van der Waals surface area contributed by atoms with Crippen molar-refractivity contribution in [2.75, 3.05) is 0 Å². The molecule has 1 aliphatic carbocycles. The third-order valence-corrected chi connectivity index (χ3v) is 8.89. The van der Waals surface area contributed by atoms with Crippen LogP contribution in [0.3, 0.4) is 0 Å². The molecule has 0 unspecified atom stereocenters. The Balaban J connectivity index is 1.45. The van der Waals surface area contributed by atoms with Crippen LogP contribution in [0.15, 0.2) is 116 Å². The molecule has 0 radical (unpaired) electrons. The van der Waals surface area contributed by atoms with E-state index in [1.807, 2.05) is 30.9 Å². The highest BCUT2D eigenvalue weighted by molar-refractivity contribution is 6.22. The van der Waals surface area contributed by atoms with Gasteiger partial charge in [-0.05, 0) is 76.5 Å². The van der Waals surface area contributed by atoms with E-state index in [0.29, 0.717) is 0 Å². The van der Waals surface area contributed by atoms with Crippen LogP contribution >= 0.6 is 0 Å². The maximum Gasteiger partial charge on any atom is 0.146 e. The molecular formula is C36H21N5. The van der Waals surface area contributed by atoms with Crippen LogP contribution < -0.4 is 0 Å². The molecule has 0 amide bonds. The van der Waals surface area contributed by atoms with Crippen LogP contribution in [0.5, 0.6) is 0 Å². The largest absolute Gasteiger partial charge is 0.309 e. The number of hydrogen-bond donors (Lipinski definition) is 0. The third-order valence-electron chi connectivity index (χ3n) is 8.89. The van der Waals surface area contributed by atoms with Crippen LogP contribution in [0.2, 0.25) is 0 Å². The molecule has 5 aromatic heterocycles. The number of pyridine rings is 3. The monoisotopic (exact) mass is 523 g/mol. The van der Waals surface area contributed by atoms with Crippen molar-refractivity contribution in [1.82, 2.24) is 23.9 Å². The summed E-state index contributed by atoms with van der Waals surface area (Å²) in [6, 6.07) is 33.0. The molecule has 0 N–H and O–H groups in total. The fraction of sp³-hybridized carbons (Fsp3) is 0.0278. The fourth-order valence-electron chi connectivity index (χ4n) is 7.20. The van der Waals surface area contributed by atoms with Crippen LogP contribution in [0.4, 0.5) is 0 Å². The Bertz CT molecular complexity index is 2550. The second-order valence-electron chi connectivity index (χ2n) is 10.9. The maximum atomic E-state index is 5.12. The third kappa shape index (κ3) is 2.68. The zero-order valence-electron chi connectivity index (χ0n) is 21.9. The van der Waals surface area contributed by atoms with Crippen LogP contribution in [0.1, 0.15) is 11.1 Å². The summed E-state index contributed by atoms with van der Waals surface area (Å²) in [7, 11) is 0. The predicted molar refractivity (Wildman–Crippen MR) is 166 cm³/mol. The van der Waals surface area contributed by atoms with E-state index in [4.69, 9.17) is 4.98 Å². The SMILES string of the molecule is c1ccc(-n2c3cc4c5cnccc5n5c6ccncc6nc5c4cc3c3c4c(ccc32)-c2ccccc2C4)cc1. The Morgan fingerprint density at radius 1 is 0.585 bits per heavy atom. The summed E-state index contributed by atoms with van der Waals surface area (Å²) in [6.45, 7) is 0. The van der Waals surface area contributed by atoms with Crippen molar-refractivity contribution in [2.24, 2.45) is 0 Å². The number of hydrogen-bond acceptors (Lipinski definition) is 3. The van der Waals surface area contributed by atoms with E-state index in [1.54, 1.807) is 0 Å². The fourth-order valence-corrected chi connectivity index (χ4v) is 7.20. The summed E-state index contributed by atoms with van der Waals surface area (Å²) in [5.74, 6) is 0. The van der Waals surface area contributed by atoms with Gasteiger partial charge in [-0.3, -0.25) is 14.4 Å². The van der Waals surface area contributed by atoms with Gasteiger partial charge in [0.05, 0.1) is 28.3 Å². The highest BCUT2D eigenvalue weighted by atomic mass is 15.0. The molecule has 190 valence electrons. The van der Waals surface area contributed by atoms with E-state index < -0.39 is 0 Å². The summed E-state index contributed by atoms with van der Waals surface area (Å²) >= 11 is 0. The second-order valence-corrected chi connectivity index (χ2v) is 10.9. The Kier molecular flexibility index (Phi) is 3.92. The van der Waals surface area contributed by atoms with Gasteiger partial charge in [-0.15, -0.1) is 0 Å². The molecule has 0 saturated heterocycles. The zero-order valence-corrected chi connectivity index (χ0v) is 21.9. The van der Waals surface area contributed by atoms with Gasteiger partial charge in [0.25, 0.3) is 0 Å². The van der Waals surface area contributed by atoms with E-state index >= 15 is 0 Å². The lowest BCUT2D eigenvalue weighted by molar-refractivity contribution is 1.18. The second kappa shape index (κ2) is 7.55. The van der Waals surface area contributed by atoms with Crippen molar-refractivity contribution in [2.45, 2.75) is 6.42 Å². The van der Waals surface area contributed by atoms with E-state index in [-0.39, 0.29) is 0 Å². The normalized spacial score (nSPS) is 12.8. The molecule has 0 spiro atoms. The van der Waals surface area contributed by atoms with Crippen LogP contribution in [0.25, 0.3) is 77.0 Å². The lowest BCUT2D eigenvalue weighted by atomic mass is 9.99. The van der Waals surface area contributed by atoms with Gasteiger partial charge >= 0.3 is 0 Å². The molecule has 0 fully saturated rings. The summed E-state index contributed by atoms with van der Waals surface area (Å²) < 4.78 is 4.69. The Morgan fingerprint density at radius 2 is 1.41 bits per heavy atom. The minimum Gasteiger partial charge on any atom is -0.309 e. The molecule has 4 aromatic carbocycles. The highest BCUT2D eigenvalue weighted by Crippen LogP contribution is 2.46. The van der Waals surface area contributed by atoms with Crippen molar-refractivity contribution in [1.29, 1.82) is 0 Å². The van der Waals surface area contributed by atoms with Crippen molar-refractivity contribution < 1.29 is 0 Å². The Morgan fingerprint density at radius 3 is 2.34 bits per heavy atom. The molecular weight excluding hydrogens is 502 g/mol. The number of imidazole rings is 1. The minimum atomic E-state index is 0.890. The lowest BCUT2D eigenvalue weighted by Gasteiger charge is -2.11. The zero-order chi connectivity index (χ0) is 26.7. The van der Waals surface area contributed by atoms with E-state index in [2.05, 4.69) is 104 Å². The Labute approximate surface area is 234 Å². The summed E-state index contributed by atoms with van der Waals surface area (Å²) in [5, 5.41) is 5.94. The van der Waals surface area contributed by atoms with Crippen molar-refractivity contribution in [3.63, 3.8) is 0 Å². The van der Waals surface area contributed by atoms with Crippen molar-refractivity contribution in [3.8, 4) is 16.8 Å². The molecule has 0 saturated carbocycles. The molecule has 0 aliphatic heterocycles. The molecule has 5 heteroatoms. The topological polar surface area (TPSA) is 48.0 Å². The van der Waals surface area contributed by atoms with Gasteiger partial charge < -0.3 is 4.57 Å². The smallest absolute Gasteiger partial charge is 0.146 e. The first-order valence-corrected chi connectivity index (χ1v) is 13.9. The summed E-state index contributed by atoms with van der Waals surface area (Å²) in [6.07, 6.45) is 8.47. The summed E-state index contributed by atoms with van der Waals surface area (Å²) in [4.78, 5) is 14.0. The molecule has 10 rings (SSSR count). The van der Waals surface area contributed by atoms with Crippen molar-refractivity contribution >= 4 is 60.2 Å². The van der Waals surface area contributed by atoms with E-state index in [9.17, 15) is 0 Å². The van der Waals surface area contributed by atoms with E-state index in [1.165, 1.54) is 44.1 Å². The average Bonchev–Trinajstić information content (AvgIpc) is 3.70. The number of nitrogens with zero attached hydrogens (tertiary/aromatic N) is 5. The van der Waals surface area contributed by atoms with Crippen molar-refractivity contribution in [3.05, 3.63) is 127 Å². The number of para-hydroxylation sites is 1. The molecule has 5 nitrogen and oxygen atoms in total. The highest BCUT2D eigenvalue weighted by Gasteiger charge is 2.25. The average molecular weight is 524 g/mol. The molecule has 1 aliphatic rings. The number of fused-ring (bicyclic) bond motifs is 15. The van der Waals surface area contributed by atoms with Gasteiger partial charge in [0.15, 0.2) is 0 Å². The molecule has 0 atom stereocenters. The standard InChI is InChI=1S/C36H21N5/c1-2-7-22(8-3-1)40-33-11-10-24-23-9-5-4-6-21(23)16-26(24)35(33)28-17-27-25(18-34(28)40)29-19-37-14-12-31(29)41-32-13-15-38-20-30(32)39-36(27)41/h1-15,17-20H,16H2. The molecule has 0 bridgehead atoms. The van der Waals surface area contributed by atoms with Gasteiger partial charge in [-0.2, -0.15) is 0 Å². The molecule has 41 heavy (non-hydrogen) atoms. The first-order chi connectivity index (χ1) is 20.3. The van der Waals surface area contributed by atoms with Crippen LogP contribution in [-0.2, 0) is 6.42 Å². The molecule has 9 aromatic rings. The molecule has 5 heterocycles. The number of benzene rings is 4. The van der Waals surface area contributed by atoms with Gasteiger partial charge in [-0.1, -0.05) is 48.5 Å². The van der Waals surface area contributed by atoms with Gasteiger partial charge in [0.2, 0.25) is 0 Å². The first-order valence-electron chi connectivity index (χ1n) is 13.9. The van der Waals surface area contributed by atoms with Gasteiger partial charge in [0.1, 0.15) is 11.2 Å². The number of aromatic nitrogens is 5.